The van der Waals surface area contributed by atoms with Gasteiger partial charge in [-0.2, -0.15) is 5.26 Å². The van der Waals surface area contributed by atoms with E-state index in [9.17, 15) is 13.2 Å². The molecule has 100 valence electrons. The topological polar surface area (TPSA) is 95.2 Å². The number of aliphatic carboxylic acids is 1. The SMILES string of the molecule is CS(=O)(=O)c1cc(C2(C#N)CC2)ccc1CC(=O)O. The largest absolute Gasteiger partial charge is 0.481 e. The number of hydrogen-bond acceptors (Lipinski definition) is 4. The predicted molar refractivity (Wildman–Crippen MR) is 67.4 cm³/mol. The second-order valence-electron chi connectivity index (χ2n) is 4.86. The first kappa shape index (κ1) is 13.6. The zero-order valence-corrected chi connectivity index (χ0v) is 11.2. The van der Waals surface area contributed by atoms with Crippen molar-refractivity contribution in [3.05, 3.63) is 29.3 Å². The van der Waals surface area contributed by atoms with E-state index in [1.54, 1.807) is 6.07 Å². The van der Waals surface area contributed by atoms with Crippen LogP contribution >= 0.6 is 0 Å². The summed E-state index contributed by atoms with van der Waals surface area (Å²) in [6.07, 6.45) is 2.13. The normalized spacial score (nSPS) is 16.6. The highest BCUT2D eigenvalue weighted by Crippen LogP contribution is 2.48. The number of hydrogen-bond donors (Lipinski definition) is 1. The fourth-order valence-electron chi connectivity index (χ4n) is 2.10. The lowest BCUT2D eigenvalue weighted by atomic mass is 9.96. The number of carboxylic acid groups (broad SMARTS) is 1. The van der Waals surface area contributed by atoms with Gasteiger partial charge in [-0.25, -0.2) is 8.42 Å². The van der Waals surface area contributed by atoms with Gasteiger partial charge in [-0.15, -0.1) is 0 Å². The number of carboxylic acids is 1. The van der Waals surface area contributed by atoms with Gasteiger partial charge in [-0.05, 0) is 30.0 Å². The van der Waals surface area contributed by atoms with Gasteiger partial charge in [0.1, 0.15) is 0 Å². The first-order chi connectivity index (χ1) is 8.78. The van der Waals surface area contributed by atoms with E-state index in [1.807, 2.05) is 0 Å². The molecule has 0 amide bonds. The van der Waals surface area contributed by atoms with E-state index in [1.165, 1.54) is 12.1 Å². The molecule has 1 fully saturated rings. The van der Waals surface area contributed by atoms with Crippen molar-refractivity contribution >= 4 is 15.8 Å². The number of rotatable bonds is 4. The first-order valence-corrected chi connectivity index (χ1v) is 7.64. The predicted octanol–water partition coefficient (Wildman–Crippen LogP) is 1.27. The number of carbonyl (C=O) groups is 1. The van der Waals surface area contributed by atoms with Gasteiger partial charge in [0.15, 0.2) is 9.84 Å². The molecule has 1 N–H and O–H groups in total. The van der Waals surface area contributed by atoms with E-state index < -0.39 is 21.2 Å². The van der Waals surface area contributed by atoms with Crippen molar-refractivity contribution in [2.75, 3.05) is 6.26 Å². The van der Waals surface area contributed by atoms with Crippen LogP contribution in [-0.2, 0) is 26.5 Å². The quantitative estimate of drug-likeness (QED) is 0.895. The molecule has 1 saturated carbocycles. The molecule has 0 unspecified atom stereocenters. The molecular formula is C13H13NO4S. The van der Waals surface area contributed by atoms with E-state index in [0.717, 1.165) is 6.26 Å². The summed E-state index contributed by atoms with van der Waals surface area (Å²) >= 11 is 0. The van der Waals surface area contributed by atoms with Crippen LogP contribution in [0.25, 0.3) is 0 Å². The summed E-state index contributed by atoms with van der Waals surface area (Å²) in [6, 6.07) is 6.80. The monoisotopic (exact) mass is 279 g/mol. The van der Waals surface area contributed by atoms with Crippen molar-refractivity contribution in [2.45, 2.75) is 29.6 Å². The molecule has 0 atom stereocenters. The van der Waals surface area contributed by atoms with Gasteiger partial charge in [0.05, 0.1) is 22.8 Å². The maximum Gasteiger partial charge on any atom is 0.307 e. The highest BCUT2D eigenvalue weighted by molar-refractivity contribution is 7.90. The Morgan fingerprint density at radius 3 is 2.53 bits per heavy atom. The number of nitriles is 1. The summed E-state index contributed by atoms with van der Waals surface area (Å²) in [5.74, 6) is -1.08. The van der Waals surface area contributed by atoms with Crippen molar-refractivity contribution in [1.29, 1.82) is 5.26 Å². The van der Waals surface area contributed by atoms with Crippen LogP contribution in [0.1, 0.15) is 24.0 Å². The molecule has 0 spiro atoms. The Kier molecular flexibility index (Phi) is 3.11. The fraction of sp³-hybridized carbons (Fsp3) is 0.385. The Bertz CT molecular complexity index is 681. The van der Waals surface area contributed by atoms with Gasteiger partial charge < -0.3 is 5.11 Å². The zero-order chi connectivity index (χ0) is 14.3. The van der Waals surface area contributed by atoms with E-state index >= 15 is 0 Å². The van der Waals surface area contributed by atoms with Gasteiger partial charge in [-0.3, -0.25) is 4.79 Å². The number of benzene rings is 1. The molecule has 1 aliphatic rings. The molecular weight excluding hydrogens is 266 g/mol. The van der Waals surface area contributed by atoms with Gasteiger partial charge in [0.25, 0.3) is 0 Å². The van der Waals surface area contributed by atoms with Crippen LogP contribution in [0.3, 0.4) is 0 Å². The first-order valence-electron chi connectivity index (χ1n) is 5.75. The number of sulfone groups is 1. The molecule has 1 aliphatic carbocycles. The molecule has 0 saturated heterocycles. The maximum absolute atomic E-state index is 11.7. The molecule has 2 rings (SSSR count). The van der Waals surface area contributed by atoms with Crippen LogP contribution in [-0.4, -0.2) is 25.7 Å². The second kappa shape index (κ2) is 4.35. The summed E-state index contributed by atoms with van der Waals surface area (Å²) in [5.41, 5.74) is 0.332. The van der Waals surface area contributed by atoms with Crippen molar-refractivity contribution < 1.29 is 18.3 Å². The van der Waals surface area contributed by atoms with Crippen LogP contribution in [0.2, 0.25) is 0 Å². The average Bonchev–Trinajstić information content (AvgIpc) is 3.08. The lowest BCUT2D eigenvalue weighted by Gasteiger charge is -2.11. The van der Waals surface area contributed by atoms with Gasteiger partial charge in [0.2, 0.25) is 0 Å². The minimum atomic E-state index is -3.52. The van der Waals surface area contributed by atoms with Crippen LogP contribution in [0.5, 0.6) is 0 Å². The Hall–Kier alpha value is -1.87. The van der Waals surface area contributed by atoms with Gasteiger partial charge in [0, 0.05) is 6.26 Å². The molecule has 6 heteroatoms. The molecule has 0 heterocycles. The molecule has 0 aromatic heterocycles. The molecule has 0 bridgehead atoms. The molecule has 0 radical (unpaired) electrons. The molecule has 19 heavy (non-hydrogen) atoms. The Labute approximate surface area is 111 Å². The maximum atomic E-state index is 11.7. The molecule has 0 aliphatic heterocycles. The van der Waals surface area contributed by atoms with Crippen LogP contribution in [0.4, 0.5) is 0 Å². The lowest BCUT2D eigenvalue weighted by Crippen LogP contribution is -2.11. The van der Waals surface area contributed by atoms with Crippen molar-refractivity contribution in [2.24, 2.45) is 0 Å². The Morgan fingerprint density at radius 2 is 2.11 bits per heavy atom. The summed E-state index contributed by atoms with van der Waals surface area (Å²) in [6.45, 7) is 0. The third-order valence-electron chi connectivity index (χ3n) is 3.32. The van der Waals surface area contributed by atoms with Crippen LogP contribution < -0.4 is 0 Å². The average molecular weight is 279 g/mol. The minimum Gasteiger partial charge on any atom is -0.481 e. The number of nitrogens with zero attached hydrogens (tertiary/aromatic N) is 1. The third-order valence-corrected chi connectivity index (χ3v) is 4.50. The van der Waals surface area contributed by atoms with E-state index in [0.29, 0.717) is 18.4 Å². The summed E-state index contributed by atoms with van der Waals surface area (Å²) in [5, 5.41) is 17.9. The molecule has 5 nitrogen and oxygen atoms in total. The van der Waals surface area contributed by atoms with E-state index in [-0.39, 0.29) is 16.9 Å². The summed E-state index contributed by atoms with van der Waals surface area (Å²) < 4.78 is 23.5. The molecule has 1 aromatic carbocycles. The van der Waals surface area contributed by atoms with Crippen LogP contribution in [0, 0.1) is 11.3 Å². The zero-order valence-electron chi connectivity index (χ0n) is 10.4. The second-order valence-corrected chi connectivity index (χ2v) is 6.84. The van der Waals surface area contributed by atoms with E-state index in [4.69, 9.17) is 10.4 Å². The summed E-state index contributed by atoms with van der Waals surface area (Å²) in [7, 11) is -3.52. The third kappa shape index (κ3) is 2.61. The highest BCUT2D eigenvalue weighted by Gasteiger charge is 2.45. The van der Waals surface area contributed by atoms with Crippen molar-refractivity contribution in [1.82, 2.24) is 0 Å². The standard InChI is InChI=1S/C13H13NO4S/c1-19(17,18)11-7-10(13(8-14)4-5-13)3-2-9(11)6-12(15)16/h2-3,7H,4-6H2,1H3,(H,15,16). The molecule has 1 aromatic rings. The van der Waals surface area contributed by atoms with Gasteiger partial charge >= 0.3 is 5.97 Å². The Balaban J connectivity index is 2.55. The van der Waals surface area contributed by atoms with Crippen molar-refractivity contribution in [3.8, 4) is 6.07 Å². The summed E-state index contributed by atoms with van der Waals surface area (Å²) in [4.78, 5) is 10.8. The Morgan fingerprint density at radius 1 is 1.47 bits per heavy atom. The minimum absolute atomic E-state index is 0.00826. The fourth-order valence-corrected chi connectivity index (χ4v) is 3.05. The highest BCUT2D eigenvalue weighted by atomic mass is 32.2. The smallest absolute Gasteiger partial charge is 0.307 e. The van der Waals surface area contributed by atoms with Crippen LogP contribution in [0.15, 0.2) is 23.1 Å². The lowest BCUT2D eigenvalue weighted by molar-refractivity contribution is -0.136. The van der Waals surface area contributed by atoms with Gasteiger partial charge in [-0.1, -0.05) is 12.1 Å². The van der Waals surface area contributed by atoms with Crippen molar-refractivity contribution in [3.63, 3.8) is 0 Å². The van der Waals surface area contributed by atoms with E-state index in [2.05, 4.69) is 6.07 Å².